The summed E-state index contributed by atoms with van der Waals surface area (Å²) in [5, 5.41) is 5.61. The molecule has 2 aromatic carbocycles. The van der Waals surface area contributed by atoms with E-state index in [9.17, 15) is 14.4 Å². The molecule has 0 unspecified atom stereocenters. The van der Waals surface area contributed by atoms with Crippen molar-refractivity contribution in [1.29, 1.82) is 0 Å². The Morgan fingerprint density at radius 3 is 2.61 bits per heavy atom. The van der Waals surface area contributed by atoms with E-state index in [1.807, 2.05) is 31.2 Å². The lowest BCUT2D eigenvalue weighted by Gasteiger charge is -2.19. The number of nitrogens with one attached hydrogen (secondary N) is 2. The fourth-order valence-electron chi connectivity index (χ4n) is 3.68. The molecule has 7 nitrogen and oxygen atoms in total. The lowest BCUT2D eigenvalue weighted by atomic mass is 10.1. The molecular weight excluding hydrogens is 394 g/mol. The SMILES string of the molecule is Cc1ccccc1N1C[C@@H](C(=O)Nc2ccccc2C(=O)NCc2ccco2)CC1=O. The Hall–Kier alpha value is -3.87. The molecule has 0 spiro atoms. The van der Waals surface area contributed by atoms with Gasteiger partial charge in [-0.3, -0.25) is 14.4 Å². The van der Waals surface area contributed by atoms with Crippen LogP contribution in [-0.4, -0.2) is 24.3 Å². The van der Waals surface area contributed by atoms with Crippen LogP contribution in [0.15, 0.2) is 71.3 Å². The number of carbonyl (C=O) groups excluding carboxylic acids is 3. The van der Waals surface area contributed by atoms with Crippen molar-refractivity contribution in [2.45, 2.75) is 19.9 Å². The topological polar surface area (TPSA) is 91.7 Å². The minimum atomic E-state index is -0.494. The largest absolute Gasteiger partial charge is 0.467 e. The zero-order valence-electron chi connectivity index (χ0n) is 17.1. The number of para-hydroxylation sites is 2. The zero-order valence-corrected chi connectivity index (χ0v) is 17.1. The first-order valence-electron chi connectivity index (χ1n) is 10.1. The lowest BCUT2D eigenvalue weighted by molar-refractivity contribution is -0.122. The Morgan fingerprint density at radius 1 is 1.06 bits per heavy atom. The summed E-state index contributed by atoms with van der Waals surface area (Å²) in [6, 6.07) is 17.9. The van der Waals surface area contributed by atoms with Crippen molar-refractivity contribution in [1.82, 2.24) is 5.32 Å². The highest BCUT2D eigenvalue weighted by atomic mass is 16.3. The first-order valence-corrected chi connectivity index (χ1v) is 10.1. The van der Waals surface area contributed by atoms with E-state index in [-0.39, 0.29) is 30.7 Å². The Balaban J connectivity index is 1.44. The van der Waals surface area contributed by atoms with E-state index in [2.05, 4.69) is 10.6 Å². The van der Waals surface area contributed by atoms with Crippen LogP contribution in [0, 0.1) is 12.8 Å². The molecule has 1 saturated heterocycles. The quantitative estimate of drug-likeness (QED) is 0.642. The predicted molar refractivity (Wildman–Crippen MR) is 117 cm³/mol. The van der Waals surface area contributed by atoms with Gasteiger partial charge >= 0.3 is 0 Å². The summed E-state index contributed by atoms with van der Waals surface area (Å²) >= 11 is 0. The summed E-state index contributed by atoms with van der Waals surface area (Å²) in [5.74, 6) is -0.548. The maximum atomic E-state index is 12.9. The third-order valence-electron chi connectivity index (χ3n) is 5.33. The molecule has 1 atom stereocenters. The molecule has 3 aromatic rings. The van der Waals surface area contributed by atoms with E-state index in [4.69, 9.17) is 4.42 Å². The van der Waals surface area contributed by atoms with Crippen LogP contribution in [0.2, 0.25) is 0 Å². The summed E-state index contributed by atoms with van der Waals surface area (Å²) in [6.45, 7) is 2.49. The van der Waals surface area contributed by atoms with Crippen molar-refractivity contribution in [3.63, 3.8) is 0 Å². The predicted octanol–water partition coefficient (Wildman–Crippen LogP) is 3.51. The number of rotatable bonds is 6. The van der Waals surface area contributed by atoms with Crippen molar-refractivity contribution in [3.05, 3.63) is 83.8 Å². The highest BCUT2D eigenvalue weighted by Crippen LogP contribution is 2.28. The molecule has 1 aromatic heterocycles. The molecule has 3 amide bonds. The van der Waals surface area contributed by atoms with Crippen LogP contribution in [0.4, 0.5) is 11.4 Å². The molecule has 158 valence electrons. The van der Waals surface area contributed by atoms with E-state index in [1.54, 1.807) is 47.6 Å². The van der Waals surface area contributed by atoms with Gasteiger partial charge in [0, 0.05) is 18.7 Å². The van der Waals surface area contributed by atoms with Gasteiger partial charge in [0.2, 0.25) is 11.8 Å². The standard InChI is InChI=1S/C24H23N3O4/c1-16-7-2-5-11-21(16)27-15-17(13-22(27)28)23(29)26-20-10-4-3-9-19(20)24(30)25-14-18-8-6-12-31-18/h2-12,17H,13-15H2,1H3,(H,25,30)(H,26,29)/t17-/m0/s1. The smallest absolute Gasteiger partial charge is 0.253 e. The van der Waals surface area contributed by atoms with Gasteiger partial charge in [0.25, 0.3) is 5.91 Å². The summed E-state index contributed by atoms with van der Waals surface area (Å²) < 4.78 is 5.23. The fourth-order valence-corrected chi connectivity index (χ4v) is 3.68. The molecule has 0 radical (unpaired) electrons. The second-order valence-corrected chi connectivity index (χ2v) is 7.49. The zero-order chi connectivity index (χ0) is 21.8. The average Bonchev–Trinajstić information content (AvgIpc) is 3.42. The van der Waals surface area contributed by atoms with Gasteiger partial charge < -0.3 is 20.0 Å². The second-order valence-electron chi connectivity index (χ2n) is 7.49. The van der Waals surface area contributed by atoms with Crippen LogP contribution < -0.4 is 15.5 Å². The maximum Gasteiger partial charge on any atom is 0.253 e. The molecule has 7 heteroatoms. The van der Waals surface area contributed by atoms with Gasteiger partial charge in [-0.25, -0.2) is 0 Å². The second kappa shape index (κ2) is 8.87. The van der Waals surface area contributed by atoms with Crippen LogP contribution in [0.25, 0.3) is 0 Å². The van der Waals surface area contributed by atoms with Crippen molar-refractivity contribution in [2.75, 3.05) is 16.8 Å². The highest BCUT2D eigenvalue weighted by Gasteiger charge is 2.36. The van der Waals surface area contributed by atoms with Crippen LogP contribution in [-0.2, 0) is 16.1 Å². The number of benzene rings is 2. The highest BCUT2D eigenvalue weighted by molar-refractivity contribution is 6.07. The Labute approximate surface area is 180 Å². The van der Waals surface area contributed by atoms with E-state index in [0.29, 0.717) is 23.6 Å². The van der Waals surface area contributed by atoms with Crippen LogP contribution in [0.1, 0.15) is 28.1 Å². The number of nitrogens with zero attached hydrogens (tertiary/aromatic N) is 1. The van der Waals surface area contributed by atoms with Gasteiger partial charge in [0.05, 0.1) is 30.0 Å². The molecular formula is C24H23N3O4. The molecule has 0 aliphatic carbocycles. The average molecular weight is 417 g/mol. The Morgan fingerprint density at radius 2 is 1.84 bits per heavy atom. The summed E-state index contributed by atoms with van der Waals surface area (Å²) in [7, 11) is 0. The molecule has 2 heterocycles. The molecule has 4 rings (SSSR count). The number of aryl methyl sites for hydroxylation is 1. The Bertz CT molecular complexity index is 1110. The molecule has 31 heavy (non-hydrogen) atoms. The normalized spacial score (nSPS) is 15.7. The molecule has 0 bridgehead atoms. The third-order valence-corrected chi connectivity index (χ3v) is 5.33. The Kier molecular flexibility index (Phi) is 5.84. The minimum absolute atomic E-state index is 0.0843. The number of furan rings is 1. The fraction of sp³-hybridized carbons (Fsp3) is 0.208. The molecule has 1 fully saturated rings. The first kappa shape index (κ1) is 20.4. The first-order chi connectivity index (χ1) is 15.0. The van der Waals surface area contributed by atoms with E-state index in [1.165, 1.54) is 0 Å². The molecule has 2 N–H and O–H groups in total. The van der Waals surface area contributed by atoms with Gasteiger partial charge in [-0.15, -0.1) is 0 Å². The maximum absolute atomic E-state index is 12.9. The van der Waals surface area contributed by atoms with Gasteiger partial charge in [-0.2, -0.15) is 0 Å². The van der Waals surface area contributed by atoms with Crippen molar-refractivity contribution < 1.29 is 18.8 Å². The van der Waals surface area contributed by atoms with Gasteiger partial charge in [-0.05, 0) is 42.8 Å². The number of carbonyl (C=O) groups is 3. The van der Waals surface area contributed by atoms with Gasteiger partial charge in [-0.1, -0.05) is 30.3 Å². The molecule has 0 saturated carbocycles. The number of hydrogen-bond donors (Lipinski definition) is 2. The van der Waals surface area contributed by atoms with E-state index >= 15 is 0 Å². The van der Waals surface area contributed by atoms with Crippen LogP contribution >= 0.6 is 0 Å². The number of hydrogen-bond acceptors (Lipinski definition) is 4. The monoisotopic (exact) mass is 417 g/mol. The van der Waals surface area contributed by atoms with Gasteiger partial charge in [0.15, 0.2) is 0 Å². The van der Waals surface area contributed by atoms with Gasteiger partial charge in [0.1, 0.15) is 5.76 Å². The summed E-state index contributed by atoms with van der Waals surface area (Å²) in [4.78, 5) is 39.7. The number of amides is 3. The van der Waals surface area contributed by atoms with Crippen LogP contribution in [0.5, 0.6) is 0 Å². The van der Waals surface area contributed by atoms with Crippen molar-refractivity contribution in [2.24, 2.45) is 5.92 Å². The van der Waals surface area contributed by atoms with Crippen LogP contribution in [0.3, 0.4) is 0 Å². The molecule has 1 aliphatic rings. The summed E-state index contributed by atoms with van der Waals surface area (Å²) in [6.07, 6.45) is 1.67. The van der Waals surface area contributed by atoms with Crippen molar-refractivity contribution >= 4 is 29.1 Å². The number of anilines is 2. The molecule has 1 aliphatic heterocycles. The minimum Gasteiger partial charge on any atom is -0.467 e. The third kappa shape index (κ3) is 4.50. The van der Waals surface area contributed by atoms with E-state index in [0.717, 1.165) is 11.3 Å². The van der Waals surface area contributed by atoms with Crippen molar-refractivity contribution in [3.8, 4) is 0 Å². The summed E-state index contributed by atoms with van der Waals surface area (Å²) in [5.41, 5.74) is 2.56. The van der Waals surface area contributed by atoms with E-state index < -0.39 is 5.92 Å². The lowest BCUT2D eigenvalue weighted by Crippen LogP contribution is -2.29.